The van der Waals surface area contributed by atoms with Crippen molar-refractivity contribution in [3.8, 4) is 0 Å². The van der Waals surface area contributed by atoms with Crippen LogP contribution in [0.4, 0.5) is 0 Å². The molecule has 0 radical (unpaired) electrons. The predicted molar refractivity (Wildman–Crippen MR) is 79.5 cm³/mol. The molecule has 1 aromatic heterocycles. The predicted octanol–water partition coefficient (Wildman–Crippen LogP) is 0.693. The summed E-state index contributed by atoms with van der Waals surface area (Å²) in [6.07, 6.45) is 1.66. The number of aryl methyl sites for hydroxylation is 1. The van der Waals surface area contributed by atoms with Gasteiger partial charge in [-0.25, -0.2) is 10.5 Å². The van der Waals surface area contributed by atoms with E-state index in [0.29, 0.717) is 6.54 Å². The van der Waals surface area contributed by atoms with Crippen molar-refractivity contribution in [1.82, 2.24) is 15.2 Å². The van der Waals surface area contributed by atoms with Gasteiger partial charge in [-0.15, -0.1) is 0 Å². The van der Waals surface area contributed by atoms with Crippen LogP contribution in [-0.4, -0.2) is 15.7 Å². The van der Waals surface area contributed by atoms with Crippen LogP contribution in [0.3, 0.4) is 0 Å². The normalized spacial score (nSPS) is 12.0. The lowest BCUT2D eigenvalue weighted by molar-refractivity contribution is -0.122. The van der Waals surface area contributed by atoms with Gasteiger partial charge in [-0.1, -0.05) is 24.3 Å². The first-order valence-corrected chi connectivity index (χ1v) is 6.64. The zero-order chi connectivity index (χ0) is 15.4. The lowest BCUT2D eigenvalue weighted by Gasteiger charge is -2.11. The van der Waals surface area contributed by atoms with Gasteiger partial charge in [0.15, 0.2) is 0 Å². The Labute approximate surface area is 122 Å². The van der Waals surface area contributed by atoms with E-state index in [9.17, 15) is 9.59 Å². The lowest BCUT2D eigenvalue weighted by Crippen LogP contribution is -2.33. The SMILES string of the molecule is Cc1cnn(Cc2ccc(C(C)C(=O)NN)cc2)c(=O)c1. The van der Waals surface area contributed by atoms with E-state index >= 15 is 0 Å². The van der Waals surface area contributed by atoms with E-state index in [1.165, 1.54) is 4.68 Å². The molecule has 6 heteroatoms. The van der Waals surface area contributed by atoms with Crippen LogP contribution in [0.5, 0.6) is 0 Å². The summed E-state index contributed by atoms with van der Waals surface area (Å²) >= 11 is 0. The van der Waals surface area contributed by atoms with Gasteiger partial charge < -0.3 is 0 Å². The lowest BCUT2D eigenvalue weighted by atomic mass is 9.99. The minimum absolute atomic E-state index is 0.130. The number of carbonyl (C=O) groups is 1. The third-order valence-corrected chi connectivity index (χ3v) is 3.35. The third kappa shape index (κ3) is 3.55. The van der Waals surface area contributed by atoms with Crippen molar-refractivity contribution in [2.75, 3.05) is 0 Å². The fraction of sp³-hybridized carbons (Fsp3) is 0.267. The molecule has 0 aliphatic rings. The molecule has 0 saturated carbocycles. The van der Waals surface area contributed by atoms with E-state index in [2.05, 4.69) is 10.5 Å². The number of aromatic nitrogens is 2. The van der Waals surface area contributed by atoms with Crippen LogP contribution in [0.1, 0.15) is 29.5 Å². The molecule has 0 aliphatic carbocycles. The quantitative estimate of drug-likeness (QED) is 0.491. The monoisotopic (exact) mass is 286 g/mol. The van der Waals surface area contributed by atoms with Gasteiger partial charge in [-0.3, -0.25) is 15.0 Å². The molecule has 0 aliphatic heterocycles. The molecule has 2 aromatic rings. The molecule has 1 heterocycles. The molecule has 21 heavy (non-hydrogen) atoms. The number of hydrogen-bond donors (Lipinski definition) is 2. The smallest absolute Gasteiger partial charge is 0.267 e. The van der Waals surface area contributed by atoms with Gasteiger partial charge in [-0.2, -0.15) is 5.10 Å². The van der Waals surface area contributed by atoms with Crippen LogP contribution in [-0.2, 0) is 11.3 Å². The maximum absolute atomic E-state index is 11.8. The van der Waals surface area contributed by atoms with E-state index < -0.39 is 0 Å². The Morgan fingerprint density at radius 1 is 1.38 bits per heavy atom. The second-order valence-electron chi connectivity index (χ2n) is 5.00. The molecule has 6 nitrogen and oxygen atoms in total. The maximum Gasteiger partial charge on any atom is 0.267 e. The molecule has 2 rings (SSSR count). The van der Waals surface area contributed by atoms with Crippen molar-refractivity contribution < 1.29 is 4.79 Å². The number of hydrogen-bond acceptors (Lipinski definition) is 4. The first kappa shape index (κ1) is 14.9. The van der Waals surface area contributed by atoms with Gasteiger partial charge in [0.1, 0.15) is 0 Å². The number of benzene rings is 1. The Balaban J connectivity index is 2.16. The Hall–Kier alpha value is -2.47. The van der Waals surface area contributed by atoms with Crippen LogP contribution < -0.4 is 16.8 Å². The Kier molecular flexibility index (Phi) is 4.49. The van der Waals surface area contributed by atoms with Crippen LogP contribution in [0.25, 0.3) is 0 Å². The van der Waals surface area contributed by atoms with Crippen LogP contribution in [0, 0.1) is 6.92 Å². The number of nitrogens with zero attached hydrogens (tertiary/aromatic N) is 2. The van der Waals surface area contributed by atoms with E-state index in [4.69, 9.17) is 5.84 Å². The van der Waals surface area contributed by atoms with Crippen molar-refractivity contribution in [1.29, 1.82) is 0 Å². The molecular weight excluding hydrogens is 268 g/mol. The number of hydrazine groups is 1. The molecule has 110 valence electrons. The van der Waals surface area contributed by atoms with Crippen molar-refractivity contribution >= 4 is 5.91 Å². The Morgan fingerprint density at radius 2 is 2.05 bits per heavy atom. The number of nitrogens with one attached hydrogen (secondary N) is 1. The molecule has 3 N–H and O–H groups in total. The highest BCUT2D eigenvalue weighted by Crippen LogP contribution is 2.16. The molecular formula is C15H18N4O2. The first-order chi connectivity index (χ1) is 10.0. The fourth-order valence-electron chi connectivity index (χ4n) is 2.00. The van der Waals surface area contributed by atoms with Crippen LogP contribution in [0.15, 0.2) is 41.3 Å². The van der Waals surface area contributed by atoms with Crippen molar-refractivity contribution in [3.05, 3.63) is 63.6 Å². The Bertz CT molecular complexity index is 692. The molecule has 1 unspecified atom stereocenters. The average molecular weight is 286 g/mol. The standard InChI is InChI=1S/C15H18N4O2/c1-10-7-14(20)19(17-8-10)9-12-3-5-13(6-4-12)11(2)15(21)18-16/h3-8,11H,9,16H2,1-2H3,(H,18,21). The number of amides is 1. The van der Waals surface area contributed by atoms with Gasteiger partial charge in [0.2, 0.25) is 5.91 Å². The molecule has 0 fully saturated rings. The van der Waals surface area contributed by atoms with Gasteiger partial charge >= 0.3 is 0 Å². The van der Waals surface area contributed by atoms with Gasteiger partial charge in [0.25, 0.3) is 5.56 Å². The summed E-state index contributed by atoms with van der Waals surface area (Å²) in [5, 5.41) is 4.10. The fourth-order valence-corrected chi connectivity index (χ4v) is 2.00. The summed E-state index contributed by atoms with van der Waals surface area (Å²) in [5.74, 6) is 4.57. The van der Waals surface area contributed by atoms with Gasteiger partial charge in [0.05, 0.1) is 18.7 Å². The molecule has 0 spiro atoms. The molecule has 0 bridgehead atoms. The molecule has 1 aromatic carbocycles. The van der Waals surface area contributed by atoms with E-state index in [-0.39, 0.29) is 17.4 Å². The van der Waals surface area contributed by atoms with E-state index in [0.717, 1.165) is 16.7 Å². The third-order valence-electron chi connectivity index (χ3n) is 3.35. The summed E-state index contributed by atoms with van der Waals surface area (Å²) < 4.78 is 1.40. The maximum atomic E-state index is 11.8. The van der Waals surface area contributed by atoms with E-state index in [1.807, 2.05) is 31.2 Å². The van der Waals surface area contributed by atoms with Crippen molar-refractivity contribution in [3.63, 3.8) is 0 Å². The largest absolute Gasteiger partial charge is 0.294 e. The minimum Gasteiger partial charge on any atom is -0.294 e. The zero-order valence-corrected chi connectivity index (χ0v) is 12.0. The highest BCUT2D eigenvalue weighted by Gasteiger charge is 2.13. The number of nitrogens with two attached hydrogens (primary N) is 1. The Morgan fingerprint density at radius 3 is 2.62 bits per heavy atom. The number of rotatable bonds is 4. The molecule has 1 amide bonds. The van der Waals surface area contributed by atoms with Gasteiger partial charge in [0, 0.05) is 6.07 Å². The molecule has 0 saturated heterocycles. The zero-order valence-electron chi connectivity index (χ0n) is 12.0. The summed E-state index contributed by atoms with van der Waals surface area (Å²) in [6.45, 7) is 4.01. The summed E-state index contributed by atoms with van der Waals surface area (Å²) in [6, 6.07) is 9.02. The van der Waals surface area contributed by atoms with Crippen LogP contribution in [0.2, 0.25) is 0 Å². The van der Waals surface area contributed by atoms with Crippen molar-refractivity contribution in [2.45, 2.75) is 26.3 Å². The van der Waals surface area contributed by atoms with Gasteiger partial charge in [-0.05, 0) is 30.5 Å². The summed E-state index contributed by atoms with van der Waals surface area (Å²) in [4.78, 5) is 23.3. The average Bonchev–Trinajstić information content (AvgIpc) is 2.49. The van der Waals surface area contributed by atoms with Crippen molar-refractivity contribution in [2.24, 2.45) is 5.84 Å². The highest BCUT2D eigenvalue weighted by molar-refractivity contribution is 5.82. The minimum atomic E-state index is -0.315. The second-order valence-corrected chi connectivity index (χ2v) is 5.00. The molecule has 1 atom stereocenters. The number of carbonyl (C=O) groups excluding carboxylic acids is 1. The second kappa shape index (κ2) is 6.32. The highest BCUT2D eigenvalue weighted by atomic mass is 16.2. The van der Waals surface area contributed by atoms with Crippen LogP contribution >= 0.6 is 0 Å². The van der Waals surface area contributed by atoms with E-state index in [1.54, 1.807) is 19.2 Å². The summed E-state index contributed by atoms with van der Waals surface area (Å²) in [5.41, 5.74) is 4.66. The summed E-state index contributed by atoms with van der Waals surface area (Å²) in [7, 11) is 0. The first-order valence-electron chi connectivity index (χ1n) is 6.64. The topological polar surface area (TPSA) is 90.0 Å².